The summed E-state index contributed by atoms with van der Waals surface area (Å²) in [7, 11) is 0. The van der Waals surface area contributed by atoms with Crippen LogP contribution in [0.1, 0.15) is 34.5 Å². The van der Waals surface area contributed by atoms with Gasteiger partial charge in [-0.3, -0.25) is 14.5 Å². The van der Waals surface area contributed by atoms with Crippen molar-refractivity contribution in [2.75, 3.05) is 18.4 Å². The van der Waals surface area contributed by atoms with E-state index in [9.17, 15) is 9.59 Å². The van der Waals surface area contributed by atoms with Crippen molar-refractivity contribution in [2.24, 2.45) is 11.7 Å². The zero-order chi connectivity index (χ0) is 21.6. The van der Waals surface area contributed by atoms with Crippen LogP contribution < -0.4 is 11.1 Å². The SMILES string of the molecule is NC(=O)C1CCCN(Cc2ccccc2NC(=O)c2cn(Cc3ccccc3)nn2)C1. The van der Waals surface area contributed by atoms with Gasteiger partial charge in [0, 0.05) is 18.8 Å². The standard InChI is InChI=1S/C23H26N6O2/c24-22(30)19-10-6-12-28(15-19)14-18-9-4-5-11-20(18)25-23(31)21-16-29(27-26-21)13-17-7-2-1-3-8-17/h1-5,7-9,11,16,19H,6,10,12-15H2,(H2,24,30)(H,25,31). The first kappa shape index (κ1) is 20.7. The van der Waals surface area contributed by atoms with Crippen molar-refractivity contribution in [2.45, 2.75) is 25.9 Å². The first-order chi connectivity index (χ1) is 15.1. The van der Waals surface area contributed by atoms with E-state index in [1.807, 2.05) is 54.6 Å². The average Bonchev–Trinajstić information content (AvgIpc) is 3.25. The van der Waals surface area contributed by atoms with Crippen LogP contribution in [0.15, 0.2) is 60.8 Å². The van der Waals surface area contributed by atoms with Crippen LogP contribution in [0.3, 0.4) is 0 Å². The molecule has 4 rings (SSSR count). The first-order valence-electron chi connectivity index (χ1n) is 10.4. The van der Waals surface area contributed by atoms with Gasteiger partial charge in [-0.2, -0.15) is 0 Å². The summed E-state index contributed by atoms with van der Waals surface area (Å²) < 4.78 is 1.65. The highest BCUT2D eigenvalue weighted by molar-refractivity contribution is 6.03. The molecule has 1 saturated heterocycles. The number of anilines is 1. The maximum Gasteiger partial charge on any atom is 0.277 e. The molecule has 1 aromatic heterocycles. The molecule has 1 aliphatic rings. The molecule has 31 heavy (non-hydrogen) atoms. The van der Waals surface area contributed by atoms with Gasteiger partial charge in [-0.25, -0.2) is 4.68 Å². The van der Waals surface area contributed by atoms with Crippen molar-refractivity contribution < 1.29 is 9.59 Å². The van der Waals surface area contributed by atoms with E-state index >= 15 is 0 Å². The number of primary amides is 1. The molecular weight excluding hydrogens is 392 g/mol. The number of nitrogens with two attached hydrogens (primary N) is 1. The Bertz CT molecular complexity index is 1050. The summed E-state index contributed by atoms with van der Waals surface area (Å²) in [5.41, 5.74) is 8.55. The Balaban J connectivity index is 1.42. The van der Waals surface area contributed by atoms with E-state index in [2.05, 4.69) is 20.5 Å². The molecule has 0 aliphatic carbocycles. The lowest BCUT2D eigenvalue weighted by Crippen LogP contribution is -2.40. The second kappa shape index (κ2) is 9.53. The number of nitrogens with zero attached hydrogens (tertiary/aromatic N) is 4. The number of aromatic nitrogens is 3. The van der Waals surface area contributed by atoms with Gasteiger partial charge in [0.1, 0.15) is 0 Å². The van der Waals surface area contributed by atoms with Crippen molar-refractivity contribution in [3.63, 3.8) is 0 Å². The molecule has 3 N–H and O–H groups in total. The summed E-state index contributed by atoms with van der Waals surface area (Å²) in [6, 6.07) is 17.6. The molecule has 0 spiro atoms. The monoisotopic (exact) mass is 418 g/mol. The lowest BCUT2D eigenvalue weighted by molar-refractivity contribution is -0.123. The molecule has 1 fully saturated rings. The van der Waals surface area contributed by atoms with Gasteiger partial charge in [0.2, 0.25) is 5.91 Å². The molecule has 1 aliphatic heterocycles. The molecule has 3 aromatic rings. The Morgan fingerprint density at radius 3 is 2.65 bits per heavy atom. The van der Waals surface area contributed by atoms with Crippen LogP contribution in [0.2, 0.25) is 0 Å². The number of hydrogen-bond donors (Lipinski definition) is 2. The minimum atomic E-state index is -0.305. The number of hydrogen-bond acceptors (Lipinski definition) is 5. The van der Waals surface area contributed by atoms with Gasteiger partial charge in [0.25, 0.3) is 5.91 Å². The summed E-state index contributed by atoms with van der Waals surface area (Å²) in [6.07, 6.45) is 3.42. The number of benzene rings is 2. The summed E-state index contributed by atoms with van der Waals surface area (Å²) >= 11 is 0. The molecule has 1 atom stereocenters. The fourth-order valence-corrected chi connectivity index (χ4v) is 3.89. The molecule has 160 valence electrons. The van der Waals surface area contributed by atoms with Crippen molar-refractivity contribution in [3.8, 4) is 0 Å². The Hall–Kier alpha value is -3.52. The quantitative estimate of drug-likeness (QED) is 0.612. The molecule has 8 heteroatoms. The fourth-order valence-electron chi connectivity index (χ4n) is 3.89. The third-order valence-electron chi connectivity index (χ3n) is 5.53. The van der Waals surface area contributed by atoms with E-state index in [0.29, 0.717) is 19.6 Å². The Kier molecular flexibility index (Phi) is 6.37. The van der Waals surface area contributed by atoms with Crippen LogP contribution in [0.4, 0.5) is 5.69 Å². The zero-order valence-electron chi connectivity index (χ0n) is 17.3. The van der Waals surface area contributed by atoms with Gasteiger partial charge in [0.15, 0.2) is 5.69 Å². The lowest BCUT2D eigenvalue weighted by Gasteiger charge is -2.31. The second-order valence-corrected chi connectivity index (χ2v) is 7.87. The second-order valence-electron chi connectivity index (χ2n) is 7.87. The van der Waals surface area contributed by atoms with E-state index in [4.69, 9.17) is 5.73 Å². The predicted octanol–water partition coefficient (Wildman–Crippen LogP) is 2.28. The van der Waals surface area contributed by atoms with E-state index in [1.54, 1.807) is 10.9 Å². The smallest absolute Gasteiger partial charge is 0.277 e. The summed E-state index contributed by atoms with van der Waals surface area (Å²) in [5, 5.41) is 11.0. The van der Waals surface area contributed by atoms with Gasteiger partial charge < -0.3 is 11.1 Å². The van der Waals surface area contributed by atoms with Crippen molar-refractivity contribution in [3.05, 3.63) is 77.6 Å². The van der Waals surface area contributed by atoms with E-state index in [0.717, 1.165) is 36.2 Å². The van der Waals surface area contributed by atoms with Gasteiger partial charge in [-0.15, -0.1) is 5.10 Å². The third kappa shape index (κ3) is 5.35. The molecule has 2 amide bonds. The Morgan fingerprint density at radius 1 is 1.06 bits per heavy atom. The predicted molar refractivity (Wildman–Crippen MR) is 117 cm³/mol. The maximum absolute atomic E-state index is 12.8. The van der Waals surface area contributed by atoms with E-state index in [-0.39, 0.29) is 23.4 Å². The number of likely N-dealkylation sites (tertiary alicyclic amines) is 1. The number of piperidine rings is 1. The molecule has 0 bridgehead atoms. The van der Waals surface area contributed by atoms with Crippen LogP contribution in [0.5, 0.6) is 0 Å². The third-order valence-corrected chi connectivity index (χ3v) is 5.53. The number of carbonyl (C=O) groups is 2. The largest absolute Gasteiger partial charge is 0.369 e. The topological polar surface area (TPSA) is 106 Å². The molecule has 0 saturated carbocycles. The number of amides is 2. The van der Waals surface area contributed by atoms with Crippen molar-refractivity contribution >= 4 is 17.5 Å². The van der Waals surface area contributed by atoms with Gasteiger partial charge in [-0.05, 0) is 36.6 Å². The highest BCUT2D eigenvalue weighted by Gasteiger charge is 2.24. The molecule has 1 unspecified atom stereocenters. The number of nitrogens with one attached hydrogen (secondary N) is 1. The van der Waals surface area contributed by atoms with Gasteiger partial charge in [0.05, 0.1) is 18.7 Å². The van der Waals surface area contributed by atoms with Gasteiger partial charge >= 0.3 is 0 Å². The minimum Gasteiger partial charge on any atom is -0.369 e. The molecule has 2 heterocycles. The van der Waals surface area contributed by atoms with Crippen LogP contribution >= 0.6 is 0 Å². The molecular formula is C23H26N6O2. The van der Waals surface area contributed by atoms with Crippen LogP contribution in [0.25, 0.3) is 0 Å². The summed E-state index contributed by atoms with van der Waals surface area (Å²) in [6.45, 7) is 2.74. The molecule has 8 nitrogen and oxygen atoms in total. The highest BCUT2D eigenvalue weighted by atomic mass is 16.2. The van der Waals surface area contributed by atoms with Crippen LogP contribution in [0, 0.1) is 5.92 Å². The fraction of sp³-hybridized carbons (Fsp3) is 0.304. The van der Waals surface area contributed by atoms with Gasteiger partial charge in [-0.1, -0.05) is 53.7 Å². The number of carbonyl (C=O) groups excluding carboxylic acids is 2. The van der Waals surface area contributed by atoms with E-state index < -0.39 is 0 Å². The van der Waals surface area contributed by atoms with Crippen LogP contribution in [-0.2, 0) is 17.9 Å². The average molecular weight is 419 g/mol. The van der Waals surface area contributed by atoms with Crippen molar-refractivity contribution in [1.82, 2.24) is 19.9 Å². The highest BCUT2D eigenvalue weighted by Crippen LogP contribution is 2.22. The lowest BCUT2D eigenvalue weighted by atomic mass is 9.97. The summed E-state index contributed by atoms with van der Waals surface area (Å²) in [5.74, 6) is -0.666. The maximum atomic E-state index is 12.8. The molecule has 2 aromatic carbocycles. The van der Waals surface area contributed by atoms with Crippen molar-refractivity contribution in [1.29, 1.82) is 0 Å². The number of para-hydroxylation sites is 1. The summed E-state index contributed by atoms with van der Waals surface area (Å²) in [4.78, 5) is 26.5. The van der Waals surface area contributed by atoms with E-state index in [1.165, 1.54) is 0 Å². The first-order valence-corrected chi connectivity index (χ1v) is 10.4. The Morgan fingerprint density at radius 2 is 1.84 bits per heavy atom. The molecule has 0 radical (unpaired) electrons. The van der Waals surface area contributed by atoms with Crippen LogP contribution in [-0.4, -0.2) is 44.8 Å². The Labute approximate surface area is 181 Å². The minimum absolute atomic E-state index is 0.116. The number of rotatable bonds is 7. The normalized spacial score (nSPS) is 16.7. The zero-order valence-corrected chi connectivity index (χ0v) is 17.3.